The molecule has 0 aliphatic carbocycles. The maximum Gasteiger partial charge on any atom is 0.387 e. The van der Waals surface area contributed by atoms with E-state index in [9.17, 15) is 21.6 Å². The lowest BCUT2D eigenvalue weighted by Crippen LogP contribution is -2.17. The minimum Gasteiger partial charge on any atom is -0.432 e. The zero-order valence-electron chi connectivity index (χ0n) is 9.58. The molecule has 0 aromatic heterocycles. The number of hydrogen-bond donors (Lipinski definition) is 1. The fourth-order valence-corrected chi connectivity index (χ4v) is 2.64. The highest BCUT2D eigenvalue weighted by Gasteiger charge is 2.13. The molecule has 0 bridgehead atoms. The van der Waals surface area contributed by atoms with Crippen LogP contribution in [0.2, 0.25) is 0 Å². The average molecular weight is 318 g/mol. The SMILES string of the molecule is O=S(=O)(CCCCl)Nc1ccc(OC(F)F)c(F)c1. The van der Waals surface area contributed by atoms with Crippen LogP contribution in [0.3, 0.4) is 0 Å². The Morgan fingerprint density at radius 3 is 2.58 bits per heavy atom. The van der Waals surface area contributed by atoms with E-state index in [1.54, 1.807) is 0 Å². The van der Waals surface area contributed by atoms with Gasteiger partial charge in [0.25, 0.3) is 0 Å². The number of nitrogens with one attached hydrogen (secondary N) is 1. The Kier molecular flexibility index (Phi) is 5.74. The molecule has 0 heterocycles. The lowest BCUT2D eigenvalue weighted by Gasteiger charge is -2.09. The summed E-state index contributed by atoms with van der Waals surface area (Å²) in [5.41, 5.74) is -0.0753. The topological polar surface area (TPSA) is 55.4 Å². The number of sulfonamides is 1. The van der Waals surface area contributed by atoms with Crippen LogP contribution in [-0.2, 0) is 10.0 Å². The Morgan fingerprint density at radius 2 is 2.05 bits per heavy atom. The molecule has 1 aromatic rings. The van der Waals surface area contributed by atoms with Gasteiger partial charge in [-0.15, -0.1) is 11.6 Å². The number of benzene rings is 1. The third-order valence-corrected chi connectivity index (χ3v) is 3.61. The maximum atomic E-state index is 13.3. The van der Waals surface area contributed by atoms with Crippen LogP contribution in [0.25, 0.3) is 0 Å². The molecule has 108 valence electrons. The standard InChI is InChI=1S/C10H11ClF3NO3S/c11-4-1-5-19(16,17)15-7-2-3-9(8(12)6-7)18-10(13)14/h2-3,6,10,15H,1,4-5H2. The second-order valence-corrected chi connectivity index (χ2v) is 5.71. The van der Waals surface area contributed by atoms with E-state index in [4.69, 9.17) is 11.6 Å². The largest absolute Gasteiger partial charge is 0.432 e. The molecular formula is C10H11ClF3NO3S. The molecule has 0 amide bonds. The summed E-state index contributed by atoms with van der Waals surface area (Å²) < 4.78 is 66.1. The highest BCUT2D eigenvalue weighted by molar-refractivity contribution is 7.92. The van der Waals surface area contributed by atoms with Crippen molar-refractivity contribution in [1.82, 2.24) is 0 Å². The quantitative estimate of drug-likeness (QED) is 0.787. The molecule has 0 saturated heterocycles. The summed E-state index contributed by atoms with van der Waals surface area (Å²) in [6.07, 6.45) is 0.242. The smallest absolute Gasteiger partial charge is 0.387 e. The van der Waals surface area contributed by atoms with Crippen molar-refractivity contribution < 1.29 is 26.3 Å². The van der Waals surface area contributed by atoms with Gasteiger partial charge in [0.15, 0.2) is 11.6 Å². The monoisotopic (exact) mass is 317 g/mol. The molecule has 0 aliphatic rings. The highest BCUT2D eigenvalue weighted by Crippen LogP contribution is 2.23. The molecule has 0 atom stereocenters. The van der Waals surface area contributed by atoms with Gasteiger partial charge in [0, 0.05) is 11.9 Å². The molecule has 1 rings (SSSR count). The van der Waals surface area contributed by atoms with Gasteiger partial charge < -0.3 is 4.74 Å². The van der Waals surface area contributed by atoms with Crippen molar-refractivity contribution in [1.29, 1.82) is 0 Å². The van der Waals surface area contributed by atoms with Crippen LogP contribution in [-0.4, -0.2) is 26.7 Å². The van der Waals surface area contributed by atoms with Crippen LogP contribution < -0.4 is 9.46 Å². The van der Waals surface area contributed by atoms with Gasteiger partial charge in [-0.05, 0) is 18.6 Å². The second-order valence-electron chi connectivity index (χ2n) is 3.49. The van der Waals surface area contributed by atoms with Crippen molar-refractivity contribution in [3.05, 3.63) is 24.0 Å². The molecule has 0 radical (unpaired) electrons. The van der Waals surface area contributed by atoms with Crippen molar-refractivity contribution in [2.45, 2.75) is 13.0 Å². The number of ether oxygens (including phenoxy) is 1. The lowest BCUT2D eigenvalue weighted by molar-refractivity contribution is -0.0521. The molecule has 0 spiro atoms. The van der Waals surface area contributed by atoms with Gasteiger partial charge in [-0.2, -0.15) is 8.78 Å². The van der Waals surface area contributed by atoms with E-state index in [1.807, 2.05) is 0 Å². The Balaban J connectivity index is 2.78. The molecule has 19 heavy (non-hydrogen) atoms. The lowest BCUT2D eigenvalue weighted by atomic mass is 10.3. The van der Waals surface area contributed by atoms with Crippen molar-refractivity contribution in [3.63, 3.8) is 0 Å². The van der Waals surface area contributed by atoms with Gasteiger partial charge >= 0.3 is 6.61 Å². The van der Waals surface area contributed by atoms with Gasteiger partial charge in [-0.1, -0.05) is 0 Å². The van der Waals surface area contributed by atoms with E-state index in [-0.39, 0.29) is 23.7 Å². The van der Waals surface area contributed by atoms with Crippen LogP contribution >= 0.6 is 11.6 Å². The van der Waals surface area contributed by atoms with E-state index in [1.165, 1.54) is 0 Å². The number of anilines is 1. The summed E-state index contributed by atoms with van der Waals surface area (Å²) in [5.74, 6) is -1.78. The number of hydrogen-bond acceptors (Lipinski definition) is 3. The molecule has 0 aliphatic heterocycles. The summed E-state index contributed by atoms with van der Waals surface area (Å²) in [6.45, 7) is -3.15. The number of halogens is 4. The van der Waals surface area contributed by atoms with Crippen molar-refractivity contribution in [3.8, 4) is 5.75 Å². The van der Waals surface area contributed by atoms with E-state index >= 15 is 0 Å². The Morgan fingerprint density at radius 1 is 1.37 bits per heavy atom. The van der Waals surface area contributed by atoms with Crippen molar-refractivity contribution in [2.24, 2.45) is 0 Å². The Bertz CT molecular complexity index is 525. The number of rotatable bonds is 7. The summed E-state index contributed by atoms with van der Waals surface area (Å²) in [4.78, 5) is 0. The van der Waals surface area contributed by atoms with E-state index in [0.29, 0.717) is 0 Å². The second kappa shape index (κ2) is 6.85. The predicted octanol–water partition coefficient (Wildman–Crippen LogP) is 2.80. The average Bonchev–Trinajstić information content (AvgIpc) is 2.29. The molecule has 1 aromatic carbocycles. The van der Waals surface area contributed by atoms with Crippen LogP contribution in [0.1, 0.15) is 6.42 Å². The van der Waals surface area contributed by atoms with Crippen molar-refractivity contribution >= 4 is 27.3 Å². The van der Waals surface area contributed by atoms with E-state index in [0.717, 1.165) is 18.2 Å². The molecule has 1 N–H and O–H groups in total. The fourth-order valence-electron chi connectivity index (χ4n) is 1.23. The van der Waals surface area contributed by atoms with Gasteiger partial charge in [0.1, 0.15) is 0 Å². The first-order chi connectivity index (χ1) is 8.84. The first-order valence-corrected chi connectivity index (χ1v) is 7.33. The van der Waals surface area contributed by atoms with E-state index < -0.39 is 28.2 Å². The highest BCUT2D eigenvalue weighted by atomic mass is 35.5. The van der Waals surface area contributed by atoms with Crippen LogP contribution in [0, 0.1) is 5.82 Å². The first-order valence-electron chi connectivity index (χ1n) is 5.15. The third-order valence-electron chi connectivity index (χ3n) is 1.97. The molecule has 9 heteroatoms. The van der Waals surface area contributed by atoms with Gasteiger partial charge in [-0.3, -0.25) is 4.72 Å². The van der Waals surface area contributed by atoms with Gasteiger partial charge in [0.2, 0.25) is 10.0 Å². The zero-order chi connectivity index (χ0) is 14.5. The number of alkyl halides is 3. The Hall–Kier alpha value is -1.15. The normalized spacial score (nSPS) is 11.6. The van der Waals surface area contributed by atoms with Gasteiger partial charge in [0.05, 0.1) is 11.4 Å². The Labute approximate surface area is 113 Å². The maximum absolute atomic E-state index is 13.3. The molecule has 0 unspecified atom stereocenters. The first kappa shape index (κ1) is 15.9. The van der Waals surface area contributed by atoms with E-state index in [2.05, 4.69) is 9.46 Å². The molecule has 0 saturated carbocycles. The van der Waals surface area contributed by atoms with Crippen LogP contribution in [0.15, 0.2) is 18.2 Å². The minimum absolute atomic E-state index is 0.0753. The zero-order valence-corrected chi connectivity index (χ0v) is 11.1. The molecule has 0 fully saturated rings. The summed E-state index contributed by atoms with van der Waals surface area (Å²) >= 11 is 5.37. The minimum atomic E-state index is -3.64. The molecule has 4 nitrogen and oxygen atoms in total. The summed E-state index contributed by atoms with van der Waals surface area (Å²) in [5, 5.41) is 0. The molecular weight excluding hydrogens is 307 g/mol. The predicted molar refractivity (Wildman–Crippen MR) is 65.8 cm³/mol. The van der Waals surface area contributed by atoms with Gasteiger partial charge in [-0.25, -0.2) is 12.8 Å². The van der Waals surface area contributed by atoms with Crippen LogP contribution in [0.4, 0.5) is 18.9 Å². The fraction of sp³-hybridized carbons (Fsp3) is 0.400. The third kappa shape index (κ3) is 5.56. The summed E-state index contributed by atoms with van der Waals surface area (Å²) in [6, 6.07) is 2.80. The van der Waals surface area contributed by atoms with Crippen molar-refractivity contribution in [2.75, 3.05) is 16.4 Å². The summed E-state index contributed by atoms with van der Waals surface area (Å²) in [7, 11) is -3.64. The van der Waals surface area contributed by atoms with Crippen LogP contribution in [0.5, 0.6) is 5.75 Å².